The number of rotatable bonds is 2. The first-order chi connectivity index (χ1) is 8.70. The second kappa shape index (κ2) is 6.02. The van der Waals surface area contributed by atoms with Gasteiger partial charge < -0.3 is 19.9 Å². The van der Waals surface area contributed by atoms with E-state index in [1.807, 2.05) is 24.3 Å². The summed E-state index contributed by atoms with van der Waals surface area (Å²) < 4.78 is 5.30. The topological polar surface area (TPSA) is 27.7 Å². The molecule has 4 nitrogen and oxygen atoms in total. The van der Waals surface area contributed by atoms with Gasteiger partial charge in [-0.2, -0.15) is 0 Å². The molecular formula is C13H19N3OS. The Labute approximate surface area is 114 Å². The minimum atomic E-state index is 0.771. The lowest BCUT2D eigenvalue weighted by atomic mass is 10.3. The molecule has 0 aromatic heterocycles. The van der Waals surface area contributed by atoms with Gasteiger partial charge in [0, 0.05) is 26.2 Å². The third-order valence-electron chi connectivity index (χ3n) is 3.14. The summed E-state index contributed by atoms with van der Waals surface area (Å²) in [7, 11) is 3.80. The summed E-state index contributed by atoms with van der Waals surface area (Å²) in [6.45, 7) is 4.04. The zero-order valence-electron chi connectivity index (χ0n) is 10.8. The highest BCUT2D eigenvalue weighted by molar-refractivity contribution is 7.80. The molecular weight excluding hydrogens is 246 g/mol. The van der Waals surface area contributed by atoms with Gasteiger partial charge in [0.05, 0.1) is 12.8 Å². The largest absolute Gasteiger partial charge is 0.495 e. The first kappa shape index (κ1) is 13.1. The Morgan fingerprint density at radius 3 is 2.56 bits per heavy atom. The summed E-state index contributed by atoms with van der Waals surface area (Å²) in [5, 5.41) is 4.03. The van der Waals surface area contributed by atoms with E-state index < -0.39 is 0 Å². The number of nitrogens with one attached hydrogen (secondary N) is 1. The van der Waals surface area contributed by atoms with Crippen LogP contribution in [0.1, 0.15) is 0 Å². The lowest BCUT2D eigenvalue weighted by molar-refractivity contribution is 0.217. The van der Waals surface area contributed by atoms with Crippen molar-refractivity contribution < 1.29 is 4.74 Å². The van der Waals surface area contributed by atoms with Gasteiger partial charge in [0.25, 0.3) is 0 Å². The SMILES string of the molecule is COc1ccccc1NC(=S)N1CCN(C)CC1. The molecule has 2 rings (SSSR count). The predicted molar refractivity (Wildman–Crippen MR) is 78.3 cm³/mol. The number of ether oxygens (including phenoxy) is 1. The molecule has 1 aromatic rings. The number of piperazine rings is 1. The lowest BCUT2D eigenvalue weighted by Gasteiger charge is -2.34. The number of methoxy groups -OCH3 is 1. The van der Waals surface area contributed by atoms with Crippen LogP contribution in [-0.2, 0) is 0 Å². The molecule has 1 heterocycles. The smallest absolute Gasteiger partial charge is 0.173 e. The van der Waals surface area contributed by atoms with Crippen LogP contribution >= 0.6 is 12.2 Å². The molecule has 1 fully saturated rings. The monoisotopic (exact) mass is 265 g/mol. The number of benzene rings is 1. The molecule has 0 atom stereocenters. The van der Waals surface area contributed by atoms with Crippen molar-refractivity contribution in [1.29, 1.82) is 0 Å². The second-order valence-electron chi connectivity index (χ2n) is 4.42. The van der Waals surface area contributed by atoms with Crippen molar-refractivity contribution in [1.82, 2.24) is 9.80 Å². The fraction of sp³-hybridized carbons (Fsp3) is 0.462. The van der Waals surface area contributed by atoms with Crippen molar-refractivity contribution >= 4 is 23.0 Å². The summed E-state index contributed by atoms with van der Waals surface area (Å²) in [5.41, 5.74) is 0.920. The highest BCUT2D eigenvalue weighted by atomic mass is 32.1. The number of hydrogen-bond donors (Lipinski definition) is 1. The van der Waals surface area contributed by atoms with Crippen LogP contribution in [0.2, 0.25) is 0 Å². The minimum absolute atomic E-state index is 0.771. The molecule has 0 unspecified atom stereocenters. The lowest BCUT2D eigenvalue weighted by Crippen LogP contribution is -2.48. The van der Waals surface area contributed by atoms with Crippen LogP contribution in [0.15, 0.2) is 24.3 Å². The molecule has 1 aliphatic heterocycles. The van der Waals surface area contributed by atoms with Crippen LogP contribution in [0.5, 0.6) is 5.75 Å². The van der Waals surface area contributed by atoms with E-state index in [0.29, 0.717) is 0 Å². The van der Waals surface area contributed by atoms with Crippen molar-refractivity contribution in [2.75, 3.05) is 45.7 Å². The Morgan fingerprint density at radius 1 is 1.22 bits per heavy atom. The molecule has 0 aliphatic carbocycles. The van der Waals surface area contributed by atoms with E-state index in [2.05, 4.69) is 22.2 Å². The Morgan fingerprint density at radius 2 is 1.89 bits per heavy atom. The van der Waals surface area contributed by atoms with E-state index >= 15 is 0 Å². The molecule has 1 saturated heterocycles. The molecule has 1 N–H and O–H groups in total. The van der Waals surface area contributed by atoms with Crippen LogP contribution in [0, 0.1) is 0 Å². The van der Waals surface area contributed by atoms with Crippen molar-refractivity contribution in [3.8, 4) is 5.75 Å². The van der Waals surface area contributed by atoms with Crippen LogP contribution in [0.4, 0.5) is 5.69 Å². The van der Waals surface area contributed by atoms with Gasteiger partial charge in [-0.3, -0.25) is 0 Å². The number of likely N-dealkylation sites (N-methyl/N-ethyl adjacent to an activating group) is 1. The van der Waals surface area contributed by atoms with Crippen LogP contribution in [-0.4, -0.2) is 55.2 Å². The Bertz CT molecular complexity index is 416. The molecule has 0 spiro atoms. The first-order valence-electron chi connectivity index (χ1n) is 6.08. The molecule has 1 aliphatic rings. The number of anilines is 1. The van der Waals surface area contributed by atoms with E-state index in [1.165, 1.54) is 0 Å². The van der Waals surface area contributed by atoms with Gasteiger partial charge in [-0.05, 0) is 31.4 Å². The average molecular weight is 265 g/mol. The van der Waals surface area contributed by atoms with Gasteiger partial charge in [0.2, 0.25) is 0 Å². The molecule has 0 radical (unpaired) electrons. The molecule has 0 amide bonds. The number of para-hydroxylation sites is 2. The van der Waals surface area contributed by atoms with E-state index in [-0.39, 0.29) is 0 Å². The fourth-order valence-electron chi connectivity index (χ4n) is 1.95. The molecule has 5 heteroatoms. The van der Waals surface area contributed by atoms with Gasteiger partial charge in [0.1, 0.15) is 5.75 Å². The summed E-state index contributed by atoms with van der Waals surface area (Å²) in [5.74, 6) is 0.814. The number of hydrogen-bond acceptors (Lipinski definition) is 3. The van der Waals surface area contributed by atoms with Crippen molar-refractivity contribution in [2.24, 2.45) is 0 Å². The Balaban J connectivity index is 1.98. The van der Waals surface area contributed by atoms with Crippen LogP contribution < -0.4 is 10.1 Å². The van der Waals surface area contributed by atoms with E-state index in [1.54, 1.807) is 7.11 Å². The zero-order valence-corrected chi connectivity index (χ0v) is 11.7. The van der Waals surface area contributed by atoms with Gasteiger partial charge in [-0.1, -0.05) is 12.1 Å². The van der Waals surface area contributed by atoms with E-state index in [9.17, 15) is 0 Å². The molecule has 0 bridgehead atoms. The maximum Gasteiger partial charge on any atom is 0.173 e. The first-order valence-corrected chi connectivity index (χ1v) is 6.49. The van der Waals surface area contributed by atoms with E-state index in [4.69, 9.17) is 17.0 Å². The summed E-state index contributed by atoms with van der Waals surface area (Å²) in [6.07, 6.45) is 0. The summed E-state index contributed by atoms with van der Waals surface area (Å²) >= 11 is 5.44. The standard InChI is InChI=1S/C13H19N3OS/c1-15-7-9-16(10-8-15)13(18)14-11-5-3-4-6-12(11)17-2/h3-6H,7-10H2,1-2H3,(H,14,18). The van der Waals surface area contributed by atoms with Gasteiger partial charge in [-0.15, -0.1) is 0 Å². The zero-order chi connectivity index (χ0) is 13.0. The average Bonchev–Trinajstić information content (AvgIpc) is 2.40. The van der Waals surface area contributed by atoms with Crippen molar-refractivity contribution in [2.45, 2.75) is 0 Å². The van der Waals surface area contributed by atoms with E-state index in [0.717, 1.165) is 42.7 Å². The number of nitrogens with zero attached hydrogens (tertiary/aromatic N) is 2. The van der Waals surface area contributed by atoms with Crippen molar-refractivity contribution in [3.05, 3.63) is 24.3 Å². The molecule has 1 aromatic carbocycles. The fourth-order valence-corrected chi connectivity index (χ4v) is 2.24. The maximum absolute atomic E-state index is 5.44. The van der Waals surface area contributed by atoms with Gasteiger partial charge >= 0.3 is 0 Å². The number of thiocarbonyl (C=S) groups is 1. The molecule has 0 saturated carbocycles. The third kappa shape index (κ3) is 3.11. The van der Waals surface area contributed by atoms with Crippen LogP contribution in [0.3, 0.4) is 0 Å². The normalized spacial score (nSPS) is 16.4. The third-order valence-corrected chi connectivity index (χ3v) is 3.50. The van der Waals surface area contributed by atoms with Crippen molar-refractivity contribution in [3.63, 3.8) is 0 Å². The molecule has 18 heavy (non-hydrogen) atoms. The van der Waals surface area contributed by atoms with Gasteiger partial charge in [0.15, 0.2) is 5.11 Å². The quantitative estimate of drug-likeness (QED) is 0.821. The minimum Gasteiger partial charge on any atom is -0.495 e. The second-order valence-corrected chi connectivity index (χ2v) is 4.81. The predicted octanol–water partition coefficient (Wildman–Crippen LogP) is 1.64. The van der Waals surface area contributed by atoms with Crippen LogP contribution in [0.25, 0.3) is 0 Å². The summed E-state index contributed by atoms with van der Waals surface area (Å²) in [4.78, 5) is 4.50. The molecule has 98 valence electrons. The Hall–Kier alpha value is -1.33. The van der Waals surface area contributed by atoms with Gasteiger partial charge in [-0.25, -0.2) is 0 Å². The highest BCUT2D eigenvalue weighted by Crippen LogP contribution is 2.23. The summed E-state index contributed by atoms with van der Waals surface area (Å²) in [6, 6.07) is 7.82. The highest BCUT2D eigenvalue weighted by Gasteiger charge is 2.16. The maximum atomic E-state index is 5.44. The Kier molecular flexibility index (Phi) is 4.38.